The van der Waals surface area contributed by atoms with Crippen LogP contribution in [-0.4, -0.2) is 16.2 Å². The molecule has 1 aromatic carbocycles. The van der Waals surface area contributed by atoms with Gasteiger partial charge in [0.15, 0.2) is 0 Å². The number of hydrogen-bond acceptors (Lipinski definition) is 3. The molecule has 0 amide bonds. The number of aromatic hydroxyl groups is 1. The maximum absolute atomic E-state index is 10.9. The molecule has 0 heterocycles. The fourth-order valence-corrected chi connectivity index (χ4v) is 1.71. The van der Waals surface area contributed by atoms with Crippen molar-refractivity contribution in [3.8, 4) is 5.75 Å². The van der Waals surface area contributed by atoms with E-state index < -0.39 is 5.97 Å². The monoisotopic (exact) mass is 235 g/mol. The van der Waals surface area contributed by atoms with Crippen LogP contribution in [-0.2, 0) is 0 Å². The number of hydrogen-bond donors (Lipinski definition) is 3. The Kier molecular flexibility index (Phi) is 4.29. The molecule has 0 radical (unpaired) electrons. The Hall–Kier alpha value is -1.81. The summed E-state index contributed by atoms with van der Waals surface area (Å²) >= 11 is 0. The van der Waals surface area contributed by atoms with Crippen molar-refractivity contribution >= 4 is 5.97 Å². The van der Waals surface area contributed by atoms with E-state index in [1.807, 2.05) is 0 Å². The van der Waals surface area contributed by atoms with E-state index >= 15 is 0 Å². The van der Waals surface area contributed by atoms with Crippen molar-refractivity contribution in [1.82, 2.24) is 0 Å². The molecule has 0 saturated carbocycles. The lowest BCUT2D eigenvalue weighted by Crippen LogP contribution is -2.12. The first kappa shape index (κ1) is 13.3. The fraction of sp³-hybridized carbons (Fsp3) is 0.308. The summed E-state index contributed by atoms with van der Waals surface area (Å²) in [5.74, 6) is -1.39. The number of aryl methyl sites for hydroxylation is 1. The van der Waals surface area contributed by atoms with Gasteiger partial charge in [0.2, 0.25) is 0 Å². The Labute approximate surface area is 100 Å². The van der Waals surface area contributed by atoms with Crippen molar-refractivity contribution in [2.24, 2.45) is 5.73 Å². The smallest absolute Gasteiger partial charge is 0.339 e. The van der Waals surface area contributed by atoms with E-state index in [2.05, 4.69) is 6.58 Å². The van der Waals surface area contributed by atoms with Gasteiger partial charge in [-0.05, 0) is 31.4 Å². The second-order valence-corrected chi connectivity index (χ2v) is 4.03. The summed E-state index contributed by atoms with van der Waals surface area (Å²) in [7, 11) is 0. The van der Waals surface area contributed by atoms with Gasteiger partial charge in [0.05, 0.1) is 0 Å². The highest BCUT2D eigenvalue weighted by Crippen LogP contribution is 2.30. The van der Waals surface area contributed by atoms with Crippen molar-refractivity contribution in [2.45, 2.75) is 25.8 Å². The van der Waals surface area contributed by atoms with E-state index in [1.54, 1.807) is 19.1 Å². The summed E-state index contributed by atoms with van der Waals surface area (Å²) in [6.45, 7) is 5.37. The number of carboxylic acid groups (broad SMARTS) is 1. The predicted molar refractivity (Wildman–Crippen MR) is 66.2 cm³/mol. The second kappa shape index (κ2) is 5.50. The molecule has 0 aliphatic carbocycles. The van der Waals surface area contributed by atoms with Crippen LogP contribution in [0.25, 0.3) is 0 Å². The van der Waals surface area contributed by atoms with Crippen LogP contribution in [0.5, 0.6) is 5.75 Å². The maximum atomic E-state index is 10.9. The van der Waals surface area contributed by atoms with E-state index in [0.717, 1.165) is 12.0 Å². The van der Waals surface area contributed by atoms with E-state index in [4.69, 9.17) is 10.8 Å². The molecule has 4 N–H and O–H groups in total. The largest absolute Gasteiger partial charge is 0.507 e. The van der Waals surface area contributed by atoms with Crippen LogP contribution in [0, 0.1) is 6.92 Å². The summed E-state index contributed by atoms with van der Waals surface area (Å²) < 4.78 is 0. The van der Waals surface area contributed by atoms with Crippen LogP contribution in [0.1, 0.15) is 40.4 Å². The molecule has 17 heavy (non-hydrogen) atoms. The van der Waals surface area contributed by atoms with Gasteiger partial charge in [-0.3, -0.25) is 0 Å². The summed E-state index contributed by atoms with van der Waals surface area (Å²) in [5, 5.41) is 18.8. The lowest BCUT2D eigenvalue weighted by atomic mass is 9.96. The summed E-state index contributed by atoms with van der Waals surface area (Å²) in [6, 6.07) is 2.77. The molecule has 1 aromatic rings. The molecule has 4 nitrogen and oxygen atoms in total. The van der Waals surface area contributed by atoms with E-state index in [0.29, 0.717) is 12.0 Å². The number of aromatic carboxylic acids is 1. The van der Waals surface area contributed by atoms with Crippen LogP contribution < -0.4 is 5.73 Å². The van der Waals surface area contributed by atoms with Crippen LogP contribution >= 0.6 is 0 Å². The van der Waals surface area contributed by atoms with Gasteiger partial charge >= 0.3 is 5.97 Å². The summed E-state index contributed by atoms with van der Waals surface area (Å²) in [4.78, 5) is 10.9. The Bertz CT molecular complexity index is 441. The quantitative estimate of drug-likeness (QED) is 0.684. The molecule has 4 heteroatoms. The number of nitrogens with two attached hydrogens (primary N) is 1. The molecule has 0 unspecified atom stereocenters. The fourth-order valence-electron chi connectivity index (χ4n) is 1.71. The minimum Gasteiger partial charge on any atom is -0.507 e. The highest BCUT2D eigenvalue weighted by atomic mass is 16.4. The minimum absolute atomic E-state index is 0.103. The molecule has 0 aliphatic heterocycles. The van der Waals surface area contributed by atoms with Crippen LogP contribution in [0.2, 0.25) is 0 Å². The molecule has 0 saturated heterocycles. The Morgan fingerprint density at radius 1 is 1.59 bits per heavy atom. The van der Waals surface area contributed by atoms with Gasteiger partial charge in [0.25, 0.3) is 0 Å². The van der Waals surface area contributed by atoms with Crippen LogP contribution in [0.3, 0.4) is 0 Å². The van der Waals surface area contributed by atoms with Crippen molar-refractivity contribution in [3.05, 3.63) is 41.5 Å². The molecule has 1 rings (SSSR count). The highest BCUT2D eigenvalue weighted by Gasteiger charge is 2.18. The molecule has 0 aromatic heterocycles. The molecule has 92 valence electrons. The van der Waals surface area contributed by atoms with Crippen molar-refractivity contribution in [1.29, 1.82) is 0 Å². The predicted octanol–water partition coefficient (Wildman–Crippen LogP) is 2.36. The Balaban J connectivity index is 3.14. The number of rotatable bonds is 5. The molecule has 0 bridgehead atoms. The first-order valence-corrected chi connectivity index (χ1v) is 5.40. The topological polar surface area (TPSA) is 83.6 Å². The minimum atomic E-state index is -1.15. The van der Waals surface area contributed by atoms with Gasteiger partial charge in [-0.2, -0.15) is 0 Å². The van der Waals surface area contributed by atoms with Crippen molar-refractivity contribution < 1.29 is 15.0 Å². The van der Waals surface area contributed by atoms with Crippen molar-refractivity contribution in [2.75, 3.05) is 0 Å². The average molecular weight is 235 g/mol. The number of phenols is 1. The van der Waals surface area contributed by atoms with Gasteiger partial charge in [0, 0.05) is 11.6 Å². The van der Waals surface area contributed by atoms with Gasteiger partial charge in [-0.1, -0.05) is 12.1 Å². The number of allylic oxidation sites excluding steroid dienone is 1. The second-order valence-electron chi connectivity index (χ2n) is 4.03. The molecule has 1 atom stereocenters. The lowest BCUT2D eigenvalue weighted by molar-refractivity contribution is 0.0693. The van der Waals surface area contributed by atoms with E-state index in [9.17, 15) is 9.90 Å². The maximum Gasteiger partial charge on any atom is 0.339 e. The molecular weight excluding hydrogens is 218 g/mol. The third-order valence-electron chi connectivity index (χ3n) is 2.60. The number of carbonyl (C=O) groups is 1. The Morgan fingerprint density at radius 2 is 2.24 bits per heavy atom. The summed E-state index contributed by atoms with van der Waals surface area (Å²) in [6.07, 6.45) is 3.08. The number of carboxylic acids is 1. The van der Waals surface area contributed by atoms with Gasteiger partial charge in [0.1, 0.15) is 11.3 Å². The van der Waals surface area contributed by atoms with Gasteiger partial charge in [-0.15, -0.1) is 6.58 Å². The SMILES string of the molecule is C=CCC[C@@H](N)c1cc(C)cc(C(=O)O)c1O. The standard InChI is InChI=1S/C13H17NO3/c1-3-4-5-11(14)9-6-8(2)7-10(12(9)15)13(16)17/h3,6-7,11,15H,1,4-5,14H2,2H3,(H,16,17)/t11-/m1/s1. The van der Waals surface area contributed by atoms with Gasteiger partial charge in [-0.25, -0.2) is 4.79 Å². The first-order valence-electron chi connectivity index (χ1n) is 5.40. The third kappa shape index (κ3) is 3.07. The highest BCUT2D eigenvalue weighted by molar-refractivity contribution is 5.91. The van der Waals surface area contributed by atoms with Crippen LogP contribution in [0.15, 0.2) is 24.8 Å². The normalized spacial score (nSPS) is 12.1. The van der Waals surface area contributed by atoms with Gasteiger partial charge < -0.3 is 15.9 Å². The van der Waals surface area contributed by atoms with Crippen molar-refractivity contribution in [3.63, 3.8) is 0 Å². The molecule has 0 spiro atoms. The summed E-state index contributed by atoms with van der Waals surface area (Å²) in [5.41, 5.74) is 7.06. The zero-order valence-corrected chi connectivity index (χ0v) is 9.81. The molecule has 0 aliphatic rings. The third-order valence-corrected chi connectivity index (χ3v) is 2.60. The first-order chi connectivity index (χ1) is 7.97. The molecule has 0 fully saturated rings. The average Bonchev–Trinajstić information content (AvgIpc) is 2.28. The zero-order valence-electron chi connectivity index (χ0n) is 9.81. The zero-order chi connectivity index (χ0) is 13.0. The molecular formula is C13H17NO3. The van der Waals surface area contributed by atoms with E-state index in [1.165, 1.54) is 6.07 Å². The lowest BCUT2D eigenvalue weighted by Gasteiger charge is -2.15. The Morgan fingerprint density at radius 3 is 2.76 bits per heavy atom. The van der Waals surface area contributed by atoms with E-state index in [-0.39, 0.29) is 17.4 Å². The number of benzene rings is 1. The van der Waals surface area contributed by atoms with Crippen LogP contribution in [0.4, 0.5) is 0 Å².